The summed E-state index contributed by atoms with van der Waals surface area (Å²) in [5.74, 6) is -0.0977. The van der Waals surface area contributed by atoms with Crippen LogP contribution in [-0.2, 0) is 22.7 Å². The molecule has 0 amide bonds. The Morgan fingerprint density at radius 3 is 2.24 bits per heavy atom. The van der Waals surface area contributed by atoms with E-state index in [0.717, 1.165) is 18.2 Å². The number of nitrogens with one attached hydrogen (secondary N) is 1. The molecule has 2 rings (SSSR count). The van der Waals surface area contributed by atoms with Crippen molar-refractivity contribution in [2.24, 2.45) is 0 Å². The SMILES string of the molecule is O=S(=O)(NCc1ccc(OC(F)F)cc1)c1cccc(C(F)(F)F)c1. The molecule has 10 heteroatoms. The first-order chi connectivity index (χ1) is 11.6. The molecule has 0 heterocycles. The third-order valence-corrected chi connectivity index (χ3v) is 4.49. The number of hydrogen-bond acceptors (Lipinski definition) is 3. The highest BCUT2D eigenvalue weighted by atomic mass is 32.2. The molecule has 0 aliphatic carbocycles. The van der Waals surface area contributed by atoms with Crippen LogP contribution in [0.15, 0.2) is 53.4 Å². The zero-order chi connectivity index (χ0) is 18.7. The molecule has 0 unspecified atom stereocenters. The van der Waals surface area contributed by atoms with Crippen molar-refractivity contribution in [3.8, 4) is 5.75 Å². The first-order valence-electron chi connectivity index (χ1n) is 6.78. The minimum atomic E-state index is -4.66. The van der Waals surface area contributed by atoms with Gasteiger partial charge in [0.15, 0.2) is 0 Å². The fourth-order valence-electron chi connectivity index (χ4n) is 1.89. The first kappa shape index (κ1) is 19.1. The van der Waals surface area contributed by atoms with Gasteiger partial charge in [-0.15, -0.1) is 0 Å². The van der Waals surface area contributed by atoms with Gasteiger partial charge in [-0.25, -0.2) is 13.1 Å². The fourth-order valence-corrected chi connectivity index (χ4v) is 2.95. The van der Waals surface area contributed by atoms with Gasteiger partial charge in [0.05, 0.1) is 10.5 Å². The predicted molar refractivity (Wildman–Crippen MR) is 78.5 cm³/mol. The molecule has 25 heavy (non-hydrogen) atoms. The van der Waals surface area contributed by atoms with E-state index in [-0.39, 0.29) is 12.3 Å². The molecule has 0 saturated carbocycles. The standard InChI is InChI=1S/C15H12F5NO3S/c16-14(17)24-12-6-4-10(5-7-12)9-21-25(22,23)13-3-1-2-11(8-13)15(18,19)20/h1-8,14,21H,9H2. The summed E-state index contributed by atoms with van der Waals surface area (Å²) in [7, 11) is -4.17. The van der Waals surface area contributed by atoms with E-state index >= 15 is 0 Å². The highest BCUT2D eigenvalue weighted by Gasteiger charge is 2.31. The molecule has 4 nitrogen and oxygen atoms in total. The van der Waals surface area contributed by atoms with Gasteiger partial charge in [-0.2, -0.15) is 22.0 Å². The van der Waals surface area contributed by atoms with Crippen molar-refractivity contribution in [1.29, 1.82) is 0 Å². The second-order valence-electron chi connectivity index (χ2n) is 4.87. The summed E-state index contributed by atoms with van der Waals surface area (Å²) in [6.07, 6.45) is -4.66. The molecular weight excluding hydrogens is 369 g/mol. The number of hydrogen-bond donors (Lipinski definition) is 1. The van der Waals surface area contributed by atoms with Crippen molar-refractivity contribution in [3.05, 3.63) is 59.7 Å². The van der Waals surface area contributed by atoms with Crippen molar-refractivity contribution >= 4 is 10.0 Å². The second kappa shape index (κ2) is 7.36. The van der Waals surface area contributed by atoms with Crippen LogP contribution in [0.2, 0.25) is 0 Å². The van der Waals surface area contributed by atoms with Crippen LogP contribution < -0.4 is 9.46 Å². The Kier molecular flexibility index (Phi) is 5.63. The van der Waals surface area contributed by atoms with Gasteiger partial charge in [-0.05, 0) is 35.9 Å². The monoisotopic (exact) mass is 381 g/mol. The van der Waals surface area contributed by atoms with E-state index in [0.29, 0.717) is 11.6 Å². The quantitative estimate of drug-likeness (QED) is 0.775. The molecule has 0 spiro atoms. The summed E-state index contributed by atoms with van der Waals surface area (Å²) in [5.41, 5.74) is -0.666. The van der Waals surface area contributed by atoms with E-state index in [1.807, 2.05) is 0 Å². The van der Waals surface area contributed by atoms with Gasteiger partial charge in [0.1, 0.15) is 5.75 Å². The van der Waals surface area contributed by atoms with E-state index in [1.54, 1.807) is 0 Å². The molecule has 0 saturated heterocycles. The lowest BCUT2D eigenvalue weighted by Gasteiger charge is -2.11. The largest absolute Gasteiger partial charge is 0.435 e. The third kappa shape index (κ3) is 5.40. The van der Waals surface area contributed by atoms with Gasteiger partial charge in [0.25, 0.3) is 0 Å². The van der Waals surface area contributed by atoms with Crippen molar-refractivity contribution < 1.29 is 35.1 Å². The Labute approximate surface area is 140 Å². The van der Waals surface area contributed by atoms with Crippen LogP contribution in [0.25, 0.3) is 0 Å². The van der Waals surface area contributed by atoms with Crippen LogP contribution in [0.5, 0.6) is 5.75 Å². The first-order valence-corrected chi connectivity index (χ1v) is 8.27. The molecule has 0 radical (unpaired) electrons. The Balaban J connectivity index is 2.09. The summed E-state index contributed by atoms with van der Waals surface area (Å²) >= 11 is 0. The average Bonchev–Trinajstić information content (AvgIpc) is 2.53. The van der Waals surface area contributed by atoms with E-state index < -0.39 is 33.3 Å². The smallest absolute Gasteiger partial charge is 0.416 e. The van der Waals surface area contributed by atoms with E-state index in [4.69, 9.17) is 0 Å². The summed E-state index contributed by atoms with van der Waals surface area (Å²) < 4.78 is 92.5. The highest BCUT2D eigenvalue weighted by Crippen LogP contribution is 2.30. The number of benzene rings is 2. The van der Waals surface area contributed by atoms with Gasteiger partial charge in [0.2, 0.25) is 10.0 Å². The molecule has 136 valence electrons. The molecule has 0 fully saturated rings. The number of halogens is 5. The molecule has 2 aromatic carbocycles. The summed E-state index contributed by atoms with van der Waals surface area (Å²) in [4.78, 5) is -0.528. The molecule has 0 bridgehead atoms. The second-order valence-corrected chi connectivity index (χ2v) is 6.64. The van der Waals surface area contributed by atoms with Crippen LogP contribution in [0.1, 0.15) is 11.1 Å². The van der Waals surface area contributed by atoms with Gasteiger partial charge in [-0.1, -0.05) is 18.2 Å². The normalized spacial score (nSPS) is 12.4. The lowest BCUT2D eigenvalue weighted by atomic mass is 10.2. The molecule has 0 atom stereocenters. The van der Waals surface area contributed by atoms with E-state index in [1.165, 1.54) is 24.3 Å². The number of alkyl halides is 5. The van der Waals surface area contributed by atoms with Crippen molar-refractivity contribution in [2.75, 3.05) is 0 Å². The van der Waals surface area contributed by atoms with Crippen LogP contribution in [0.3, 0.4) is 0 Å². The van der Waals surface area contributed by atoms with E-state index in [2.05, 4.69) is 9.46 Å². The highest BCUT2D eigenvalue weighted by molar-refractivity contribution is 7.89. The molecule has 1 N–H and O–H groups in total. The van der Waals surface area contributed by atoms with Crippen molar-refractivity contribution in [1.82, 2.24) is 4.72 Å². The van der Waals surface area contributed by atoms with Crippen molar-refractivity contribution in [3.63, 3.8) is 0 Å². The molecule has 0 aliphatic heterocycles. The maximum Gasteiger partial charge on any atom is 0.416 e. The Morgan fingerprint density at radius 1 is 1.04 bits per heavy atom. The third-order valence-electron chi connectivity index (χ3n) is 3.09. The topological polar surface area (TPSA) is 55.4 Å². The van der Waals surface area contributed by atoms with Crippen molar-refractivity contribution in [2.45, 2.75) is 24.2 Å². The van der Waals surface area contributed by atoms with Gasteiger partial charge in [-0.3, -0.25) is 0 Å². The molecule has 0 aromatic heterocycles. The maximum absolute atomic E-state index is 12.7. The minimum absolute atomic E-state index is 0.0977. The summed E-state index contributed by atoms with van der Waals surface area (Å²) in [5, 5.41) is 0. The Morgan fingerprint density at radius 2 is 1.68 bits per heavy atom. The lowest BCUT2D eigenvalue weighted by Crippen LogP contribution is -2.23. The van der Waals surface area contributed by atoms with E-state index in [9.17, 15) is 30.4 Å². The van der Waals surface area contributed by atoms with Crippen LogP contribution in [0, 0.1) is 0 Å². The Bertz CT molecular complexity index is 820. The van der Waals surface area contributed by atoms with Gasteiger partial charge >= 0.3 is 12.8 Å². The molecular formula is C15H12F5NO3S. The zero-order valence-electron chi connectivity index (χ0n) is 12.4. The summed E-state index contributed by atoms with van der Waals surface area (Å²) in [6, 6.07) is 8.48. The maximum atomic E-state index is 12.7. The zero-order valence-corrected chi connectivity index (χ0v) is 13.2. The predicted octanol–water partition coefficient (Wildman–Crippen LogP) is 3.79. The van der Waals surface area contributed by atoms with Crippen LogP contribution in [0.4, 0.5) is 22.0 Å². The molecule has 2 aromatic rings. The van der Waals surface area contributed by atoms with Crippen LogP contribution >= 0.6 is 0 Å². The van der Waals surface area contributed by atoms with Gasteiger partial charge in [0, 0.05) is 6.54 Å². The summed E-state index contributed by atoms with van der Waals surface area (Å²) in [6.45, 7) is -3.21. The Hall–Kier alpha value is -2.20. The molecule has 0 aliphatic rings. The van der Waals surface area contributed by atoms with Gasteiger partial charge < -0.3 is 4.74 Å². The lowest BCUT2D eigenvalue weighted by molar-refractivity contribution is -0.137. The number of ether oxygens (including phenoxy) is 1. The minimum Gasteiger partial charge on any atom is -0.435 e. The number of sulfonamides is 1. The fraction of sp³-hybridized carbons (Fsp3) is 0.200. The number of rotatable bonds is 6. The average molecular weight is 381 g/mol. The van der Waals surface area contributed by atoms with Crippen LogP contribution in [-0.4, -0.2) is 15.0 Å².